The van der Waals surface area contributed by atoms with E-state index in [1.807, 2.05) is 37.3 Å². The molecule has 2 rings (SSSR count). The largest absolute Gasteiger partial charge is 0.484 e. The highest BCUT2D eigenvalue weighted by molar-refractivity contribution is 7.90. The van der Waals surface area contributed by atoms with E-state index in [-0.39, 0.29) is 17.4 Å². The first-order chi connectivity index (χ1) is 10.9. The summed E-state index contributed by atoms with van der Waals surface area (Å²) in [5, 5.41) is 0. The van der Waals surface area contributed by atoms with E-state index in [0.29, 0.717) is 12.3 Å². The van der Waals surface area contributed by atoms with Gasteiger partial charge < -0.3 is 9.64 Å². The number of amides is 1. The van der Waals surface area contributed by atoms with Crippen molar-refractivity contribution in [1.29, 1.82) is 0 Å². The first-order valence-electron chi connectivity index (χ1n) is 7.20. The van der Waals surface area contributed by atoms with Gasteiger partial charge in [0.2, 0.25) is 0 Å². The number of nitrogens with zero attached hydrogens (tertiary/aromatic N) is 1. The number of benzene rings is 2. The molecule has 5 nitrogen and oxygen atoms in total. The Hall–Kier alpha value is -2.34. The lowest BCUT2D eigenvalue weighted by Gasteiger charge is -2.21. The monoisotopic (exact) mass is 333 g/mol. The predicted molar refractivity (Wildman–Crippen MR) is 89.5 cm³/mol. The van der Waals surface area contributed by atoms with E-state index >= 15 is 0 Å². The Bertz CT molecular complexity index is 755. The van der Waals surface area contributed by atoms with Gasteiger partial charge in [-0.05, 0) is 43.3 Å². The zero-order valence-electron chi connectivity index (χ0n) is 13.1. The third-order valence-corrected chi connectivity index (χ3v) is 4.43. The highest BCUT2D eigenvalue weighted by atomic mass is 32.2. The van der Waals surface area contributed by atoms with Crippen LogP contribution in [0.4, 0.5) is 5.69 Å². The normalized spacial score (nSPS) is 11.0. The van der Waals surface area contributed by atoms with E-state index in [9.17, 15) is 13.2 Å². The van der Waals surface area contributed by atoms with Crippen molar-refractivity contribution in [3.63, 3.8) is 0 Å². The van der Waals surface area contributed by atoms with Crippen molar-refractivity contribution in [3.05, 3.63) is 54.6 Å². The highest BCUT2D eigenvalue weighted by Crippen LogP contribution is 2.17. The van der Waals surface area contributed by atoms with Crippen LogP contribution in [0.25, 0.3) is 0 Å². The van der Waals surface area contributed by atoms with Crippen molar-refractivity contribution in [1.82, 2.24) is 0 Å². The van der Waals surface area contributed by atoms with Crippen LogP contribution < -0.4 is 9.64 Å². The minimum atomic E-state index is -3.24. The minimum Gasteiger partial charge on any atom is -0.484 e. The van der Waals surface area contributed by atoms with Crippen LogP contribution in [0.3, 0.4) is 0 Å². The number of para-hydroxylation sites is 1. The molecule has 0 aromatic heterocycles. The van der Waals surface area contributed by atoms with Crippen LogP contribution in [0.15, 0.2) is 59.5 Å². The summed E-state index contributed by atoms with van der Waals surface area (Å²) in [4.78, 5) is 14.1. The zero-order valence-corrected chi connectivity index (χ0v) is 13.9. The second-order valence-corrected chi connectivity index (χ2v) is 7.02. The summed E-state index contributed by atoms with van der Waals surface area (Å²) < 4.78 is 28.2. The van der Waals surface area contributed by atoms with Crippen molar-refractivity contribution in [2.75, 3.05) is 24.3 Å². The molecule has 122 valence electrons. The molecule has 0 aliphatic carbocycles. The molecule has 1 amide bonds. The third-order valence-electron chi connectivity index (χ3n) is 3.30. The first-order valence-corrected chi connectivity index (χ1v) is 9.09. The smallest absolute Gasteiger partial charge is 0.264 e. The number of ether oxygens (including phenoxy) is 1. The number of anilines is 1. The lowest BCUT2D eigenvalue weighted by Crippen LogP contribution is -2.34. The summed E-state index contributed by atoms with van der Waals surface area (Å²) in [5.74, 6) is 0.292. The van der Waals surface area contributed by atoms with Gasteiger partial charge in [-0.25, -0.2) is 8.42 Å². The van der Waals surface area contributed by atoms with Crippen LogP contribution in [0.1, 0.15) is 6.92 Å². The number of carbonyl (C=O) groups is 1. The lowest BCUT2D eigenvalue weighted by atomic mass is 10.3. The number of sulfone groups is 1. The fourth-order valence-corrected chi connectivity index (χ4v) is 2.75. The fourth-order valence-electron chi connectivity index (χ4n) is 2.12. The van der Waals surface area contributed by atoms with Crippen LogP contribution >= 0.6 is 0 Å². The van der Waals surface area contributed by atoms with Crippen LogP contribution in [-0.4, -0.2) is 33.7 Å². The first kappa shape index (κ1) is 17.0. The van der Waals surface area contributed by atoms with Crippen LogP contribution in [0, 0.1) is 0 Å². The molecular formula is C17H19NO4S. The molecule has 2 aromatic rings. The Morgan fingerprint density at radius 1 is 1.04 bits per heavy atom. The SMILES string of the molecule is CCN(C(=O)COc1ccc(S(C)(=O)=O)cc1)c1ccccc1. The van der Waals surface area contributed by atoms with E-state index < -0.39 is 9.84 Å². The van der Waals surface area contributed by atoms with Gasteiger partial charge in [-0.3, -0.25) is 4.79 Å². The van der Waals surface area contributed by atoms with Gasteiger partial charge in [-0.15, -0.1) is 0 Å². The molecule has 0 bridgehead atoms. The Balaban J connectivity index is 2.01. The zero-order chi connectivity index (χ0) is 16.9. The Labute approximate surface area is 136 Å². The number of rotatable bonds is 6. The van der Waals surface area contributed by atoms with Crippen molar-refractivity contribution in [2.24, 2.45) is 0 Å². The molecule has 0 N–H and O–H groups in total. The van der Waals surface area contributed by atoms with Gasteiger partial charge in [-0.2, -0.15) is 0 Å². The fraction of sp³-hybridized carbons (Fsp3) is 0.235. The van der Waals surface area contributed by atoms with Crippen LogP contribution in [-0.2, 0) is 14.6 Å². The molecule has 0 unspecified atom stereocenters. The maximum Gasteiger partial charge on any atom is 0.264 e. The summed E-state index contributed by atoms with van der Waals surface area (Å²) in [5.41, 5.74) is 0.816. The van der Waals surface area contributed by atoms with Crippen LogP contribution in [0.5, 0.6) is 5.75 Å². The van der Waals surface area contributed by atoms with E-state index in [2.05, 4.69) is 0 Å². The molecule has 0 fully saturated rings. The van der Waals surface area contributed by atoms with Gasteiger partial charge in [0.15, 0.2) is 16.4 Å². The predicted octanol–water partition coefficient (Wildman–Crippen LogP) is 2.52. The second-order valence-electron chi connectivity index (χ2n) is 5.01. The van der Waals surface area contributed by atoms with Crippen molar-refractivity contribution < 1.29 is 17.9 Å². The Morgan fingerprint density at radius 3 is 2.17 bits per heavy atom. The van der Waals surface area contributed by atoms with Crippen molar-refractivity contribution >= 4 is 21.4 Å². The Kier molecular flexibility index (Phi) is 5.39. The quantitative estimate of drug-likeness (QED) is 0.815. The molecule has 2 aromatic carbocycles. The second kappa shape index (κ2) is 7.28. The standard InChI is InChI=1S/C17H19NO4S/c1-3-18(14-7-5-4-6-8-14)17(19)13-22-15-9-11-16(12-10-15)23(2,20)21/h4-12H,3,13H2,1-2H3. The molecule has 0 heterocycles. The lowest BCUT2D eigenvalue weighted by molar-refractivity contribution is -0.120. The maximum absolute atomic E-state index is 12.3. The summed E-state index contributed by atoms with van der Waals surface area (Å²) >= 11 is 0. The molecule has 0 spiro atoms. The van der Waals surface area contributed by atoms with E-state index in [0.717, 1.165) is 11.9 Å². The summed E-state index contributed by atoms with van der Waals surface area (Å²) in [6.45, 7) is 2.33. The molecule has 23 heavy (non-hydrogen) atoms. The van der Waals surface area contributed by atoms with Gasteiger partial charge in [0.05, 0.1) is 4.90 Å². The summed E-state index contributed by atoms with van der Waals surface area (Å²) in [6, 6.07) is 15.4. The third kappa shape index (κ3) is 4.56. The molecular weight excluding hydrogens is 314 g/mol. The minimum absolute atomic E-state index is 0.110. The molecule has 0 aliphatic heterocycles. The molecule has 0 saturated carbocycles. The highest BCUT2D eigenvalue weighted by Gasteiger charge is 2.14. The van der Waals surface area contributed by atoms with Crippen molar-refractivity contribution in [3.8, 4) is 5.75 Å². The van der Waals surface area contributed by atoms with Gasteiger partial charge in [0.25, 0.3) is 5.91 Å². The molecule has 0 aliphatic rings. The Morgan fingerprint density at radius 2 is 1.65 bits per heavy atom. The maximum atomic E-state index is 12.3. The van der Waals surface area contributed by atoms with Gasteiger partial charge in [0, 0.05) is 18.5 Å². The van der Waals surface area contributed by atoms with E-state index in [4.69, 9.17) is 4.74 Å². The number of hydrogen-bond donors (Lipinski definition) is 0. The summed E-state index contributed by atoms with van der Waals surface area (Å²) in [6.07, 6.45) is 1.14. The number of carbonyl (C=O) groups excluding carboxylic acids is 1. The average molecular weight is 333 g/mol. The van der Waals surface area contributed by atoms with Gasteiger partial charge in [-0.1, -0.05) is 18.2 Å². The van der Waals surface area contributed by atoms with E-state index in [1.54, 1.807) is 17.0 Å². The topological polar surface area (TPSA) is 63.7 Å². The molecule has 0 saturated heterocycles. The van der Waals surface area contributed by atoms with Crippen molar-refractivity contribution in [2.45, 2.75) is 11.8 Å². The van der Waals surface area contributed by atoms with Gasteiger partial charge >= 0.3 is 0 Å². The van der Waals surface area contributed by atoms with E-state index in [1.165, 1.54) is 12.1 Å². The molecule has 0 radical (unpaired) electrons. The molecule has 0 atom stereocenters. The summed E-state index contributed by atoms with van der Waals surface area (Å²) in [7, 11) is -3.24. The molecule has 6 heteroatoms. The average Bonchev–Trinajstić information content (AvgIpc) is 2.54. The number of likely N-dealkylation sites (N-methyl/N-ethyl adjacent to an activating group) is 1. The van der Waals surface area contributed by atoms with Crippen LogP contribution in [0.2, 0.25) is 0 Å². The number of hydrogen-bond acceptors (Lipinski definition) is 4. The van der Waals surface area contributed by atoms with Gasteiger partial charge in [0.1, 0.15) is 5.75 Å².